The smallest absolute Gasteiger partial charge is 0.293 e. The number of anilines is 1. The molecule has 1 aromatic rings. The molecule has 0 radical (unpaired) electrons. The molecule has 3 N–H and O–H groups in total. The SMILES string of the molecule is C1CCOC1.NS(=O)(=O)c1ccc(NC2CCN(C3CC3)CC2)c([N+](=O)[O-])c1. The number of nitro benzene ring substituents is 1. The number of nitrogens with two attached hydrogens (primary N) is 1. The van der Waals surface area contributed by atoms with Crippen molar-refractivity contribution in [2.75, 3.05) is 31.6 Å². The zero-order valence-electron chi connectivity index (χ0n) is 15.9. The number of nitrogens with zero attached hydrogens (tertiary/aromatic N) is 2. The van der Waals surface area contributed by atoms with E-state index >= 15 is 0 Å². The van der Waals surface area contributed by atoms with Crippen LogP contribution in [0.25, 0.3) is 0 Å². The minimum absolute atomic E-state index is 0.157. The first-order valence-electron chi connectivity index (χ1n) is 9.74. The van der Waals surface area contributed by atoms with Crippen LogP contribution in [0.1, 0.15) is 38.5 Å². The summed E-state index contributed by atoms with van der Waals surface area (Å²) in [7, 11) is -3.96. The fraction of sp³-hybridized carbons (Fsp3) is 0.667. The first-order valence-corrected chi connectivity index (χ1v) is 11.3. The number of ether oxygens (including phenoxy) is 1. The Morgan fingerprint density at radius 2 is 1.79 bits per heavy atom. The van der Waals surface area contributed by atoms with Crippen LogP contribution in [0, 0.1) is 10.1 Å². The maximum Gasteiger partial charge on any atom is 0.293 e. The number of benzene rings is 1. The Labute approximate surface area is 165 Å². The first-order chi connectivity index (χ1) is 13.3. The van der Waals surface area contributed by atoms with Crippen molar-refractivity contribution < 1.29 is 18.1 Å². The van der Waals surface area contributed by atoms with Gasteiger partial charge in [-0.15, -0.1) is 0 Å². The van der Waals surface area contributed by atoms with E-state index in [1.165, 1.54) is 37.8 Å². The summed E-state index contributed by atoms with van der Waals surface area (Å²) in [6.07, 6.45) is 6.95. The van der Waals surface area contributed by atoms with Gasteiger partial charge >= 0.3 is 0 Å². The molecular weight excluding hydrogens is 384 g/mol. The van der Waals surface area contributed by atoms with Crippen molar-refractivity contribution in [3.63, 3.8) is 0 Å². The van der Waals surface area contributed by atoms with Gasteiger partial charge in [0.05, 0.1) is 9.82 Å². The third kappa shape index (κ3) is 5.87. The minimum atomic E-state index is -3.96. The minimum Gasteiger partial charge on any atom is -0.381 e. The molecule has 0 spiro atoms. The molecule has 156 valence electrons. The Balaban J connectivity index is 0.000000391. The van der Waals surface area contributed by atoms with Crippen LogP contribution < -0.4 is 10.5 Å². The van der Waals surface area contributed by atoms with Gasteiger partial charge in [0, 0.05) is 44.5 Å². The van der Waals surface area contributed by atoms with Gasteiger partial charge in [-0.2, -0.15) is 0 Å². The number of sulfonamides is 1. The summed E-state index contributed by atoms with van der Waals surface area (Å²) in [6.45, 7) is 3.98. The summed E-state index contributed by atoms with van der Waals surface area (Å²) in [4.78, 5) is 12.8. The number of piperidine rings is 1. The number of nitrogens with one attached hydrogen (secondary N) is 1. The van der Waals surface area contributed by atoms with Gasteiger partial charge in [0.1, 0.15) is 5.69 Å². The number of nitro groups is 1. The lowest BCUT2D eigenvalue weighted by atomic mass is 10.0. The molecule has 1 aliphatic carbocycles. The lowest BCUT2D eigenvalue weighted by Crippen LogP contribution is -2.40. The Bertz CT molecular complexity index is 778. The van der Waals surface area contributed by atoms with Crippen molar-refractivity contribution in [1.82, 2.24) is 4.90 Å². The topological polar surface area (TPSA) is 128 Å². The zero-order chi connectivity index (χ0) is 20.1. The summed E-state index contributed by atoms with van der Waals surface area (Å²) >= 11 is 0. The van der Waals surface area contributed by atoms with E-state index in [-0.39, 0.29) is 16.6 Å². The molecule has 1 saturated carbocycles. The van der Waals surface area contributed by atoms with E-state index in [0.717, 1.165) is 51.3 Å². The van der Waals surface area contributed by atoms with Crippen molar-refractivity contribution >= 4 is 21.4 Å². The van der Waals surface area contributed by atoms with Crippen molar-refractivity contribution in [1.29, 1.82) is 0 Å². The molecule has 2 saturated heterocycles. The lowest BCUT2D eigenvalue weighted by Gasteiger charge is -2.32. The van der Waals surface area contributed by atoms with Crippen LogP contribution in [0.15, 0.2) is 23.1 Å². The van der Waals surface area contributed by atoms with Crippen LogP contribution in [-0.4, -0.2) is 56.6 Å². The van der Waals surface area contributed by atoms with Crippen LogP contribution in [0.2, 0.25) is 0 Å². The normalized spacial score (nSPS) is 21.0. The van der Waals surface area contributed by atoms with Gasteiger partial charge in [0.25, 0.3) is 5.69 Å². The predicted molar refractivity (Wildman–Crippen MR) is 106 cm³/mol. The van der Waals surface area contributed by atoms with Crippen LogP contribution in [-0.2, 0) is 14.8 Å². The second-order valence-electron chi connectivity index (χ2n) is 7.49. The van der Waals surface area contributed by atoms with Gasteiger partial charge in [-0.3, -0.25) is 10.1 Å². The quantitative estimate of drug-likeness (QED) is 0.560. The highest BCUT2D eigenvalue weighted by atomic mass is 32.2. The second kappa shape index (κ2) is 9.17. The van der Waals surface area contributed by atoms with Crippen molar-refractivity contribution in [3.05, 3.63) is 28.3 Å². The molecule has 0 aromatic heterocycles. The molecule has 0 amide bonds. The fourth-order valence-corrected chi connectivity index (χ4v) is 4.07. The third-order valence-corrected chi connectivity index (χ3v) is 6.19. The molecule has 0 atom stereocenters. The Morgan fingerprint density at radius 3 is 2.25 bits per heavy atom. The highest BCUT2D eigenvalue weighted by Gasteiger charge is 2.32. The largest absolute Gasteiger partial charge is 0.381 e. The van der Waals surface area contributed by atoms with Gasteiger partial charge in [0.2, 0.25) is 10.0 Å². The van der Waals surface area contributed by atoms with Crippen molar-refractivity contribution in [2.45, 2.75) is 55.5 Å². The maximum atomic E-state index is 11.3. The Hall–Kier alpha value is -1.75. The molecule has 0 unspecified atom stereocenters. The van der Waals surface area contributed by atoms with E-state index in [4.69, 9.17) is 9.88 Å². The lowest BCUT2D eigenvalue weighted by molar-refractivity contribution is -0.384. The van der Waals surface area contributed by atoms with Crippen LogP contribution in [0.3, 0.4) is 0 Å². The molecule has 2 aliphatic heterocycles. The Morgan fingerprint density at radius 1 is 1.14 bits per heavy atom. The predicted octanol–water partition coefficient (Wildman–Crippen LogP) is 2.08. The average molecular weight is 413 g/mol. The molecule has 3 aliphatic rings. The van der Waals surface area contributed by atoms with E-state index < -0.39 is 14.9 Å². The van der Waals surface area contributed by atoms with Gasteiger partial charge < -0.3 is 15.0 Å². The zero-order valence-corrected chi connectivity index (χ0v) is 16.7. The second-order valence-corrected chi connectivity index (χ2v) is 9.05. The summed E-state index contributed by atoms with van der Waals surface area (Å²) in [5.74, 6) is 0. The number of hydrogen-bond acceptors (Lipinski definition) is 7. The number of primary sulfonamides is 1. The van der Waals surface area contributed by atoms with E-state index in [1.54, 1.807) is 0 Å². The van der Waals surface area contributed by atoms with Crippen LogP contribution in [0.4, 0.5) is 11.4 Å². The van der Waals surface area contributed by atoms with E-state index in [0.29, 0.717) is 5.69 Å². The molecule has 0 bridgehead atoms. The number of hydrogen-bond donors (Lipinski definition) is 2. The summed E-state index contributed by atoms with van der Waals surface area (Å²) in [5, 5.41) is 19.4. The average Bonchev–Trinajstić information content (AvgIpc) is 3.32. The molecule has 3 fully saturated rings. The van der Waals surface area contributed by atoms with E-state index in [9.17, 15) is 18.5 Å². The first kappa shape index (κ1) is 21.0. The van der Waals surface area contributed by atoms with Crippen molar-refractivity contribution in [3.8, 4) is 0 Å². The van der Waals surface area contributed by atoms with E-state index in [2.05, 4.69) is 10.2 Å². The fourth-order valence-electron chi connectivity index (χ4n) is 3.54. The monoisotopic (exact) mass is 412 g/mol. The maximum absolute atomic E-state index is 11.3. The number of rotatable bonds is 5. The van der Waals surface area contributed by atoms with Gasteiger partial charge in [-0.05, 0) is 50.7 Å². The molecule has 9 nitrogen and oxygen atoms in total. The summed E-state index contributed by atoms with van der Waals surface area (Å²) in [5.41, 5.74) is 0.0772. The molecule has 28 heavy (non-hydrogen) atoms. The van der Waals surface area contributed by atoms with Crippen molar-refractivity contribution in [2.24, 2.45) is 5.14 Å². The highest BCUT2D eigenvalue weighted by Crippen LogP contribution is 2.32. The standard InChI is InChI=1S/C14H20N4O4S.C4H8O/c15-23(21,22)12-3-4-13(14(9-12)18(19)20)16-10-5-7-17(8-6-10)11-1-2-11;1-2-4-5-3-1/h3-4,9-11,16H,1-2,5-8H2,(H2,15,21,22);1-4H2. The van der Waals surface area contributed by atoms with Crippen LogP contribution >= 0.6 is 0 Å². The molecule has 10 heteroatoms. The molecule has 4 rings (SSSR count). The molecule has 1 aromatic carbocycles. The number of likely N-dealkylation sites (tertiary alicyclic amines) is 1. The van der Waals surface area contributed by atoms with Gasteiger partial charge in [0.15, 0.2) is 0 Å². The van der Waals surface area contributed by atoms with Gasteiger partial charge in [-0.25, -0.2) is 13.6 Å². The summed E-state index contributed by atoms with van der Waals surface area (Å²) in [6, 6.07) is 4.62. The molecule has 2 heterocycles. The highest BCUT2D eigenvalue weighted by molar-refractivity contribution is 7.89. The van der Waals surface area contributed by atoms with Crippen LogP contribution in [0.5, 0.6) is 0 Å². The molecular formula is C18H28N4O5S. The van der Waals surface area contributed by atoms with Gasteiger partial charge in [-0.1, -0.05) is 0 Å². The Kier molecular flexibility index (Phi) is 6.86. The van der Waals surface area contributed by atoms with E-state index in [1.807, 2.05) is 0 Å². The third-order valence-electron chi connectivity index (χ3n) is 5.27. The summed E-state index contributed by atoms with van der Waals surface area (Å²) < 4.78 is 27.6.